The van der Waals surface area contributed by atoms with E-state index < -0.39 is 16.0 Å². The van der Waals surface area contributed by atoms with Crippen LogP contribution in [0.1, 0.15) is 10.4 Å². The molecule has 1 aliphatic heterocycles. The zero-order valence-electron chi connectivity index (χ0n) is 11.0. The Labute approximate surface area is 126 Å². The van der Waals surface area contributed by atoms with Gasteiger partial charge in [0.2, 0.25) is 0 Å². The largest absolute Gasteiger partial charge is 0.481 e. The van der Waals surface area contributed by atoms with Crippen molar-refractivity contribution in [3.05, 3.63) is 46.8 Å². The molecule has 0 fully saturated rings. The summed E-state index contributed by atoms with van der Waals surface area (Å²) >= 11 is 1.02. The average Bonchev–Trinajstić information content (AvgIpc) is 3.04. The topological polar surface area (TPSA) is 74.7 Å². The number of carbonyl (C=O) groups is 1. The molecule has 0 spiro atoms. The van der Waals surface area contributed by atoms with Crippen LogP contribution >= 0.6 is 11.3 Å². The van der Waals surface area contributed by atoms with Crippen molar-refractivity contribution in [3.63, 3.8) is 0 Å². The Morgan fingerprint density at radius 2 is 2.00 bits per heavy atom. The lowest BCUT2D eigenvalue weighted by Crippen LogP contribution is -2.28. The molecule has 1 aromatic heterocycles. The van der Waals surface area contributed by atoms with Crippen molar-refractivity contribution in [2.45, 2.75) is 17.1 Å². The van der Waals surface area contributed by atoms with Crippen LogP contribution in [0.2, 0.25) is 0 Å². The molecule has 1 aromatic carbocycles. The van der Waals surface area contributed by atoms with E-state index in [1.54, 1.807) is 12.1 Å². The molecule has 5 nitrogen and oxygen atoms in total. The normalized spacial score (nSPS) is 14.2. The standard InChI is InChI=1S/C14H13NO4S2/c16-13(17)9-11-5-6-14(20-11)21(18,19)15-8-7-10-3-1-2-4-12(10)15/h1-6H,7-9H2,(H,16,17). The third-order valence-electron chi connectivity index (χ3n) is 3.35. The van der Waals surface area contributed by atoms with E-state index in [2.05, 4.69) is 0 Å². The van der Waals surface area contributed by atoms with Crippen LogP contribution in [0.3, 0.4) is 0 Å². The lowest BCUT2D eigenvalue weighted by atomic mass is 10.2. The molecule has 1 N–H and O–H groups in total. The fourth-order valence-corrected chi connectivity index (χ4v) is 5.37. The molecule has 0 saturated carbocycles. The summed E-state index contributed by atoms with van der Waals surface area (Å²) in [6, 6.07) is 10.5. The second kappa shape index (κ2) is 5.16. The van der Waals surface area contributed by atoms with Gasteiger partial charge in [0.25, 0.3) is 10.0 Å². The molecule has 0 saturated heterocycles. The van der Waals surface area contributed by atoms with Crippen LogP contribution in [0.15, 0.2) is 40.6 Å². The molecule has 0 bridgehead atoms. The average molecular weight is 323 g/mol. The van der Waals surface area contributed by atoms with Gasteiger partial charge >= 0.3 is 5.97 Å². The van der Waals surface area contributed by atoms with Crippen molar-refractivity contribution >= 4 is 33.0 Å². The van der Waals surface area contributed by atoms with Gasteiger partial charge in [-0.25, -0.2) is 8.42 Å². The van der Waals surface area contributed by atoms with E-state index >= 15 is 0 Å². The minimum absolute atomic E-state index is 0.156. The summed E-state index contributed by atoms with van der Waals surface area (Å²) in [6.45, 7) is 0.424. The molecule has 3 rings (SSSR count). The van der Waals surface area contributed by atoms with E-state index in [0.29, 0.717) is 23.5 Å². The highest BCUT2D eigenvalue weighted by Crippen LogP contribution is 2.34. The number of carboxylic acids is 1. The van der Waals surface area contributed by atoms with Crippen molar-refractivity contribution < 1.29 is 18.3 Å². The van der Waals surface area contributed by atoms with E-state index in [9.17, 15) is 13.2 Å². The molecule has 0 radical (unpaired) electrons. The third kappa shape index (κ3) is 2.54. The summed E-state index contributed by atoms with van der Waals surface area (Å²) in [7, 11) is -3.61. The molecule has 2 aromatic rings. The highest BCUT2D eigenvalue weighted by molar-refractivity contribution is 7.94. The van der Waals surface area contributed by atoms with Gasteiger partial charge in [-0.05, 0) is 30.2 Å². The second-order valence-electron chi connectivity index (χ2n) is 4.75. The molecule has 0 aliphatic carbocycles. The van der Waals surface area contributed by atoms with Crippen molar-refractivity contribution in [2.75, 3.05) is 10.8 Å². The van der Waals surface area contributed by atoms with Gasteiger partial charge in [0.15, 0.2) is 0 Å². The summed E-state index contributed by atoms with van der Waals surface area (Å²) in [5.74, 6) is -0.965. The fraction of sp³-hybridized carbons (Fsp3) is 0.214. The molecule has 0 amide bonds. The first-order chi connectivity index (χ1) is 9.98. The predicted octanol–water partition coefficient (Wildman–Crippen LogP) is 2.13. The molecule has 2 heterocycles. The summed E-state index contributed by atoms with van der Waals surface area (Å²) in [5.41, 5.74) is 1.73. The molecule has 110 valence electrons. The Morgan fingerprint density at radius 3 is 2.76 bits per heavy atom. The minimum Gasteiger partial charge on any atom is -0.481 e. The number of thiophene rings is 1. The molecular formula is C14H13NO4S2. The third-order valence-corrected chi connectivity index (χ3v) is 6.72. The number of rotatable bonds is 4. The van der Waals surface area contributed by atoms with Crippen LogP contribution in [-0.4, -0.2) is 26.0 Å². The van der Waals surface area contributed by atoms with Crippen molar-refractivity contribution in [3.8, 4) is 0 Å². The van der Waals surface area contributed by atoms with E-state index in [1.165, 1.54) is 10.4 Å². The van der Waals surface area contributed by atoms with Crippen molar-refractivity contribution in [2.24, 2.45) is 0 Å². The van der Waals surface area contributed by atoms with Crippen LogP contribution in [-0.2, 0) is 27.7 Å². The fourth-order valence-electron chi connectivity index (χ4n) is 2.41. The number of nitrogens with zero attached hydrogens (tertiary/aromatic N) is 1. The maximum absolute atomic E-state index is 12.7. The zero-order valence-corrected chi connectivity index (χ0v) is 12.7. The van der Waals surface area contributed by atoms with E-state index in [-0.39, 0.29) is 10.6 Å². The Balaban J connectivity index is 1.95. The molecule has 7 heteroatoms. The summed E-state index contributed by atoms with van der Waals surface area (Å²) in [5, 5.41) is 8.77. The van der Waals surface area contributed by atoms with E-state index in [1.807, 2.05) is 18.2 Å². The quantitative estimate of drug-likeness (QED) is 0.935. The van der Waals surface area contributed by atoms with Crippen LogP contribution in [0, 0.1) is 0 Å². The Kier molecular flexibility index (Phi) is 3.46. The number of hydrogen-bond donors (Lipinski definition) is 1. The first-order valence-corrected chi connectivity index (χ1v) is 8.65. The van der Waals surface area contributed by atoms with Gasteiger partial charge in [-0.15, -0.1) is 11.3 Å². The number of aliphatic carboxylic acids is 1. The van der Waals surface area contributed by atoms with Crippen LogP contribution in [0.25, 0.3) is 0 Å². The van der Waals surface area contributed by atoms with E-state index in [0.717, 1.165) is 16.9 Å². The Bertz CT molecular complexity index is 795. The first-order valence-electron chi connectivity index (χ1n) is 6.39. The maximum atomic E-state index is 12.7. The molecular weight excluding hydrogens is 310 g/mol. The first kappa shape index (κ1) is 14.1. The predicted molar refractivity (Wildman–Crippen MR) is 80.3 cm³/mol. The maximum Gasteiger partial charge on any atom is 0.308 e. The zero-order chi connectivity index (χ0) is 15.0. The lowest BCUT2D eigenvalue weighted by Gasteiger charge is -2.18. The van der Waals surface area contributed by atoms with Crippen molar-refractivity contribution in [1.29, 1.82) is 0 Å². The number of sulfonamides is 1. The lowest BCUT2D eigenvalue weighted by molar-refractivity contribution is -0.136. The van der Waals surface area contributed by atoms with Gasteiger partial charge in [-0.1, -0.05) is 18.2 Å². The Morgan fingerprint density at radius 1 is 1.24 bits per heavy atom. The monoisotopic (exact) mass is 323 g/mol. The van der Waals surface area contributed by atoms with Gasteiger partial charge in [0, 0.05) is 11.4 Å². The minimum atomic E-state index is -3.61. The van der Waals surface area contributed by atoms with Gasteiger partial charge < -0.3 is 5.11 Å². The van der Waals surface area contributed by atoms with E-state index in [4.69, 9.17) is 5.11 Å². The molecule has 0 unspecified atom stereocenters. The number of hydrogen-bond acceptors (Lipinski definition) is 4. The van der Waals surface area contributed by atoms with Gasteiger partial charge in [0.1, 0.15) is 4.21 Å². The van der Waals surface area contributed by atoms with Gasteiger partial charge in [-0.3, -0.25) is 9.10 Å². The SMILES string of the molecule is O=C(O)Cc1ccc(S(=O)(=O)N2CCc3ccccc32)s1. The molecule has 21 heavy (non-hydrogen) atoms. The van der Waals surface area contributed by atoms with Crippen LogP contribution < -0.4 is 4.31 Å². The van der Waals surface area contributed by atoms with Gasteiger partial charge in [0.05, 0.1) is 12.1 Å². The van der Waals surface area contributed by atoms with Crippen LogP contribution in [0.4, 0.5) is 5.69 Å². The summed E-state index contributed by atoms with van der Waals surface area (Å²) in [6.07, 6.45) is 0.541. The number of fused-ring (bicyclic) bond motifs is 1. The second-order valence-corrected chi connectivity index (χ2v) is 8.00. The highest BCUT2D eigenvalue weighted by Gasteiger charge is 2.31. The smallest absolute Gasteiger partial charge is 0.308 e. The highest BCUT2D eigenvalue weighted by atomic mass is 32.2. The number of para-hydroxylation sites is 1. The number of anilines is 1. The molecule has 0 atom stereocenters. The summed E-state index contributed by atoms with van der Waals surface area (Å²) < 4.78 is 27.0. The number of carboxylic acid groups (broad SMARTS) is 1. The molecule has 1 aliphatic rings. The Hall–Kier alpha value is -1.86. The summed E-state index contributed by atoms with van der Waals surface area (Å²) in [4.78, 5) is 11.2. The van der Waals surface area contributed by atoms with Crippen LogP contribution in [0.5, 0.6) is 0 Å². The van der Waals surface area contributed by atoms with Crippen molar-refractivity contribution in [1.82, 2.24) is 0 Å². The van der Waals surface area contributed by atoms with Gasteiger partial charge in [-0.2, -0.15) is 0 Å². The number of benzene rings is 1.